The van der Waals surface area contributed by atoms with Crippen LogP contribution in [0.25, 0.3) is 0 Å². The predicted octanol–water partition coefficient (Wildman–Crippen LogP) is 3.69. The van der Waals surface area contributed by atoms with E-state index in [0.717, 1.165) is 0 Å². The lowest BCUT2D eigenvalue weighted by Gasteiger charge is -2.12. The van der Waals surface area contributed by atoms with Gasteiger partial charge in [-0.1, -0.05) is 11.6 Å². The summed E-state index contributed by atoms with van der Waals surface area (Å²) in [6.45, 7) is 2.25. The standard InChI is InChI=1S/C20H22ClNO6/c1-4-27-11-14-9-13(5-7-17(14)25-2)20(24)28-12-19(23)22-16-10-15(21)6-8-18(16)26-3/h5-10H,4,11-12H2,1-3H3,(H,22,23). The quantitative estimate of drug-likeness (QED) is 0.638. The van der Waals surface area contributed by atoms with Crippen LogP contribution in [-0.4, -0.2) is 39.3 Å². The fourth-order valence-corrected chi connectivity index (χ4v) is 2.58. The van der Waals surface area contributed by atoms with E-state index >= 15 is 0 Å². The molecule has 0 aliphatic rings. The summed E-state index contributed by atoms with van der Waals surface area (Å²) in [6, 6.07) is 9.65. The average molecular weight is 408 g/mol. The van der Waals surface area contributed by atoms with E-state index in [1.54, 1.807) is 36.4 Å². The molecule has 0 saturated carbocycles. The molecule has 28 heavy (non-hydrogen) atoms. The SMILES string of the molecule is CCOCc1cc(C(=O)OCC(=O)Nc2cc(Cl)ccc2OC)ccc1OC. The fraction of sp³-hybridized carbons (Fsp3) is 0.300. The van der Waals surface area contributed by atoms with Gasteiger partial charge in [-0.3, -0.25) is 4.79 Å². The Morgan fingerprint density at radius 3 is 2.43 bits per heavy atom. The Labute approximate surface area is 168 Å². The maximum absolute atomic E-state index is 12.3. The molecule has 2 rings (SSSR count). The lowest BCUT2D eigenvalue weighted by atomic mass is 10.1. The maximum atomic E-state index is 12.3. The second kappa shape index (κ2) is 10.5. The number of rotatable bonds is 9. The molecule has 0 fully saturated rings. The molecule has 7 nitrogen and oxygen atoms in total. The normalized spacial score (nSPS) is 10.3. The number of nitrogens with one attached hydrogen (secondary N) is 1. The van der Waals surface area contributed by atoms with Gasteiger partial charge in [0.05, 0.1) is 32.1 Å². The molecule has 150 valence electrons. The van der Waals surface area contributed by atoms with E-state index in [1.807, 2.05) is 6.92 Å². The summed E-state index contributed by atoms with van der Waals surface area (Å²) in [5.41, 5.74) is 1.40. The first-order valence-corrected chi connectivity index (χ1v) is 8.91. The van der Waals surface area contributed by atoms with Crippen molar-refractivity contribution in [2.24, 2.45) is 0 Å². The second-order valence-corrected chi connectivity index (χ2v) is 6.07. The highest BCUT2D eigenvalue weighted by atomic mass is 35.5. The van der Waals surface area contributed by atoms with E-state index in [2.05, 4.69) is 5.32 Å². The molecule has 0 atom stereocenters. The van der Waals surface area contributed by atoms with E-state index < -0.39 is 18.5 Å². The Kier molecular flexibility index (Phi) is 8.10. The Morgan fingerprint density at radius 1 is 1.04 bits per heavy atom. The first-order chi connectivity index (χ1) is 13.5. The van der Waals surface area contributed by atoms with Gasteiger partial charge in [-0.2, -0.15) is 0 Å². The average Bonchev–Trinajstić information content (AvgIpc) is 2.70. The highest BCUT2D eigenvalue weighted by molar-refractivity contribution is 6.31. The van der Waals surface area contributed by atoms with Gasteiger partial charge in [-0.15, -0.1) is 0 Å². The van der Waals surface area contributed by atoms with Crippen LogP contribution in [0.1, 0.15) is 22.8 Å². The minimum atomic E-state index is -0.631. The molecular weight excluding hydrogens is 386 g/mol. The van der Waals surface area contributed by atoms with Gasteiger partial charge in [-0.25, -0.2) is 4.79 Å². The molecule has 0 radical (unpaired) electrons. The van der Waals surface area contributed by atoms with Crippen LogP contribution < -0.4 is 14.8 Å². The first kappa shape index (κ1) is 21.5. The molecule has 0 aliphatic heterocycles. The summed E-state index contributed by atoms with van der Waals surface area (Å²) < 4.78 is 20.9. The molecule has 0 aromatic heterocycles. The van der Waals surface area contributed by atoms with Crippen LogP contribution in [0.2, 0.25) is 5.02 Å². The van der Waals surface area contributed by atoms with Crippen LogP contribution in [0, 0.1) is 0 Å². The lowest BCUT2D eigenvalue weighted by molar-refractivity contribution is -0.119. The van der Waals surface area contributed by atoms with Gasteiger partial charge < -0.3 is 24.3 Å². The third-order valence-electron chi connectivity index (χ3n) is 3.75. The van der Waals surface area contributed by atoms with Crippen molar-refractivity contribution in [3.8, 4) is 11.5 Å². The van der Waals surface area contributed by atoms with Crippen molar-refractivity contribution >= 4 is 29.2 Å². The van der Waals surface area contributed by atoms with Gasteiger partial charge in [-0.05, 0) is 43.3 Å². The molecule has 0 aliphatic carbocycles. The molecule has 2 aromatic rings. The number of benzene rings is 2. The first-order valence-electron chi connectivity index (χ1n) is 8.53. The molecule has 1 amide bonds. The number of anilines is 1. The number of methoxy groups -OCH3 is 2. The number of esters is 1. The molecule has 1 N–H and O–H groups in total. The molecule has 0 saturated heterocycles. The summed E-state index contributed by atoms with van der Waals surface area (Å²) in [7, 11) is 3.01. The maximum Gasteiger partial charge on any atom is 0.338 e. The van der Waals surface area contributed by atoms with Crippen LogP contribution in [0.5, 0.6) is 11.5 Å². The summed E-state index contributed by atoms with van der Waals surface area (Å²) >= 11 is 5.93. The zero-order valence-corrected chi connectivity index (χ0v) is 16.7. The Balaban J connectivity index is 2.00. The van der Waals surface area contributed by atoms with E-state index in [9.17, 15) is 9.59 Å². The van der Waals surface area contributed by atoms with E-state index in [0.29, 0.717) is 46.5 Å². The second-order valence-electron chi connectivity index (χ2n) is 5.63. The number of ether oxygens (including phenoxy) is 4. The molecule has 0 heterocycles. The Bertz CT molecular complexity index is 839. The number of hydrogen-bond acceptors (Lipinski definition) is 6. The molecule has 8 heteroatoms. The van der Waals surface area contributed by atoms with Gasteiger partial charge in [0, 0.05) is 17.2 Å². The highest BCUT2D eigenvalue weighted by Crippen LogP contribution is 2.27. The summed E-state index contributed by atoms with van der Waals surface area (Å²) in [5.74, 6) is -0.0961. The molecule has 0 spiro atoms. The summed E-state index contributed by atoms with van der Waals surface area (Å²) in [6.07, 6.45) is 0. The Morgan fingerprint density at radius 2 is 1.75 bits per heavy atom. The molecule has 2 aromatic carbocycles. The van der Waals surface area contributed by atoms with Crippen LogP contribution >= 0.6 is 11.6 Å². The monoisotopic (exact) mass is 407 g/mol. The zero-order valence-electron chi connectivity index (χ0n) is 15.9. The fourth-order valence-electron chi connectivity index (χ4n) is 2.41. The van der Waals surface area contributed by atoms with Gasteiger partial charge in [0.15, 0.2) is 6.61 Å². The molecule has 0 bridgehead atoms. The summed E-state index contributed by atoms with van der Waals surface area (Å²) in [4.78, 5) is 24.4. The summed E-state index contributed by atoms with van der Waals surface area (Å²) in [5, 5.41) is 3.04. The Hall–Kier alpha value is -2.77. The van der Waals surface area contributed by atoms with E-state index in [-0.39, 0.29) is 0 Å². The molecule has 0 unspecified atom stereocenters. The van der Waals surface area contributed by atoms with Crippen molar-refractivity contribution in [2.45, 2.75) is 13.5 Å². The third-order valence-corrected chi connectivity index (χ3v) is 3.98. The number of carbonyl (C=O) groups excluding carboxylic acids is 2. The van der Waals surface area contributed by atoms with Crippen molar-refractivity contribution in [1.82, 2.24) is 0 Å². The van der Waals surface area contributed by atoms with Crippen LogP contribution in [0.3, 0.4) is 0 Å². The van der Waals surface area contributed by atoms with Gasteiger partial charge >= 0.3 is 5.97 Å². The van der Waals surface area contributed by atoms with Crippen LogP contribution in [0.15, 0.2) is 36.4 Å². The predicted molar refractivity (Wildman–Crippen MR) is 105 cm³/mol. The number of hydrogen-bond donors (Lipinski definition) is 1. The van der Waals surface area contributed by atoms with Crippen LogP contribution in [-0.2, 0) is 20.9 Å². The van der Waals surface area contributed by atoms with Gasteiger partial charge in [0.1, 0.15) is 11.5 Å². The number of carbonyl (C=O) groups is 2. The number of halogens is 1. The van der Waals surface area contributed by atoms with Gasteiger partial charge in [0.25, 0.3) is 5.91 Å². The van der Waals surface area contributed by atoms with Gasteiger partial charge in [0.2, 0.25) is 0 Å². The van der Waals surface area contributed by atoms with E-state index in [4.69, 9.17) is 30.5 Å². The van der Waals surface area contributed by atoms with Crippen molar-refractivity contribution in [1.29, 1.82) is 0 Å². The zero-order chi connectivity index (χ0) is 20.5. The number of amides is 1. The largest absolute Gasteiger partial charge is 0.496 e. The van der Waals surface area contributed by atoms with Crippen molar-refractivity contribution in [2.75, 3.05) is 32.8 Å². The van der Waals surface area contributed by atoms with Crippen LogP contribution in [0.4, 0.5) is 5.69 Å². The minimum absolute atomic E-state index is 0.295. The van der Waals surface area contributed by atoms with E-state index in [1.165, 1.54) is 14.2 Å². The topological polar surface area (TPSA) is 83.1 Å². The smallest absolute Gasteiger partial charge is 0.338 e. The molecular formula is C20H22ClNO6. The highest BCUT2D eigenvalue weighted by Gasteiger charge is 2.15. The minimum Gasteiger partial charge on any atom is -0.496 e. The van der Waals surface area contributed by atoms with Crippen molar-refractivity contribution < 1.29 is 28.5 Å². The van der Waals surface area contributed by atoms with Crippen molar-refractivity contribution in [3.05, 3.63) is 52.5 Å². The lowest BCUT2D eigenvalue weighted by Crippen LogP contribution is -2.21. The third kappa shape index (κ3) is 5.87. The van der Waals surface area contributed by atoms with Crippen molar-refractivity contribution in [3.63, 3.8) is 0 Å².